The summed E-state index contributed by atoms with van der Waals surface area (Å²) >= 11 is 0. The molecule has 138 valence electrons. The number of aryl methyl sites for hydroxylation is 1. The fourth-order valence-electron chi connectivity index (χ4n) is 2.55. The van der Waals surface area contributed by atoms with Crippen LogP contribution < -0.4 is 16.0 Å². The Morgan fingerprint density at radius 2 is 1.52 bits per heavy atom. The number of rotatable bonds is 5. The molecule has 3 N–H and O–H groups in total. The Hall–Kier alpha value is -3.54. The van der Waals surface area contributed by atoms with E-state index in [0.29, 0.717) is 17.0 Å². The SMILES string of the molecule is Cc1ccc(C(C)NC(=O)Nc2ccc(C(=O)Nc3ccccc3)cc2)o1. The standard InChI is InChI=1S/C21H21N3O3/c1-14-8-13-19(27-14)15(2)22-21(26)24-18-11-9-16(10-12-18)20(25)23-17-6-4-3-5-7-17/h3-13,15H,1-2H3,(H,23,25)(H2,22,24,26). The zero-order chi connectivity index (χ0) is 19.2. The van der Waals surface area contributed by atoms with E-state index in [-0.39, 0.29) is 18.0 Å². The minimum atomic E-state index is -0.349. The van der Waals surface area contributed by atoms with E-state index < -0.39 is 0 Å². The van der Waals surface area contributed by atoms with Gasteiger partial charge in [0.15, 0.2) is 0 Å². The van der Waals surface area contributed by atoms with E-state index in [2.05, 4.69) is 16.0 Å². The largest absolute Gasteiger partial charge is 0.464 e. The second-order valence-electron chi connectivity index (χ2n) is 6.17. The molecule has 6 nitrogen and oxygen atoms in total. The molecule has 0 saturated heterocycles. The van der Waals surface area contributed by atoms with Crippen molar-refractivity contribution < 1.29 is 14.0 Å². The maximum Gasteiger partial charge on any atom is 0.319 e. The molecular formula is C21H21N3O3. The monoisotopic (exact) mass is 363 g/mol. The lowest BCUT2D eigenvalue weighted by atomic mass is 10.2. The van der Waals surface area contributed by atoms with Gasteiger partial charge in [-0.25, -0.2) is 4.79 Å². The van der Waals surface area contributed by atoms with Crippen LogP contribution in [0.5, 0.6) is 0 Å². The Kier molecular flexibility index (Phi) is 5.56. The smallest absolute Gasteiger partial charge is 0.319 e. The van der Waals surface area contributed by atoms with Crippen molar-refractivity contribution in [2.24, 2.45) is 0 Å². The molecule has 0 saturated carbocycles. The van der Waals surface area contributed by atoms with Gasteiger partial charge in [0.1, 0.15) is 11.5 Å². The molecule has 3 amide bonds. The van der Waals surface area contributed by atoms with Gasteiger partial charge in [0.2, 0.25) is 0 Å². The highest BCUT2D eigenvalue weighted by molar-refractivity contribution is 6.04. The van der Waals surface area contributed by atoms with Gasteiger partial charge in [-0.15, -0.1) is 0 Å². The van der Waals surface area contributed by atoms with Crippen LogP contribution in [0.1, 0.15) is 34.8 Å². The van der Waals surface area contributed by atoms with Crippen LogP contribution in [0, 0.1) is 6.92 Å². The van der Waals surface area contributed by atoms with Gasteiger partial charge < -0.3 is 20.4 Å². The average Bonchev–Trinajstić information content (AvgIpc) is 3.09. The molecular weight excluding hydrogens is 342 g/mol. The summed E-state index contributed by atoms with van der Waals surface area (Å²) in [4.78, 5) is 24.4. The van der Waals surface area contributed by atoms with E-state index in [1.165, 1.54) is 0 Å². The predicted octanol–water partition coefficient (Wildman–Crippen LogP) is 4.72. The molecule has 3 rings (SSSR count). The quantitative estimate of drug-likeness (QED) is 0.613. The summed E-state index contributed by atoms with van der Waals surface area (Å²) in [6.07, 6.45) is 0. The van der Waals surface area contributed by atoms with Crippen molar-refractivity contribution in [1.82, 2.24) is 5.32 Å². The summed E-state index contributed by atoms with van der Waals surface area (Å²) in [7, 11) is 0. The lowest BCUT2D eigenvalue weighted by Gasteiger charge is -2.13. The number of urea groups is 1. The van der Waals surface area contributed by atoms with Crippen LogP contribution in [0.3, 0.4) is 0 Å². The number of furan rings is 1. The Morgan fingerprint density at radius 1 is 0.852 bits per heavy atom. The van der Waals surface area contributed by atoms with E-state index >= 15 is 0 Å². The van der Waals surface area contributed by atoms with Crippen LogP contribution >= 0.6 is 0 Å². The maximum atomic E-state index is 12.2. The van der Waals surface area contributed by atoms with Crippen LogP contribution in [0.4, 0.5) is 16.2 Å². The maximum absolute atomic E-state index is 12.2. The summed E-state index contributed by atoms with van der Waals surface area (Å²) in [6, 6.07) is 19.0. The predicted molar refractivity (Wildman–Crippen MR) is 105 cm³/mol. The van der Waals surface area contributed by atoms with E-state index in [0.717, 1.165) is 11.4 Å². The van der Waals surface area contributed by atoms with E-state index in [9.17, 15) is 9.59 Å². The molecule has 27 heavy (non-hydrogen) atoms. The highest BCUT2D eigenvalue weighted by Crippen LogP contribution is 2.16. The molecule has 3 aromatic rings. The molecule has 0 aliphatic heterocycles. The van der Waals surface area contributed by atoms with Crippen molar-refractivity contribution in [2.45, 2.75) is 19.9 Å². The minimum Gasteiger partial charge on any atom is -0.464 e. The molecule has 0 radical (unpaired) electrons. The van der Waals surface area contributed by atoms with Crippen molar-refractivity contribution in [2.75, 3.05) is 10.6 Å². The summed E-state index contributed by atoms with van der Waals surface area (Å²) in [5.74, 6) is 1.28. The molecule has 1 heterocycles. The second kappa shape index (κ2) is 8.23. The number of anilines is 2. The number of carbonyl (C=O) groups is 2. The molecule has 0 fully saturated rings. The number of benzene rings is 2. The van der Waals surface area contributed by atoms with Crippen molar-refractivity contribution >= 4 is 23.3 Å². The van der Waals surface area contributed by atoms with E-state index in [1.807, 2.05) is 56.3 Å². The summed E-state index contributed by atoms with van der Waals surface area (Å²) in [6.45, 7) is 3.70. The first kappa shape index (κ1) is 18.3. The van der Waals surface area contributed by atoms with Crippen LogP contribution in [0.15, 0.2) is 71.1 Å². The normalized spacial score (nSPS) is 11.5. The third-order valence-corrected chi connectivity index (χ3v) is 3.97. The highest BCUT2D eigenvalue weighted by atomic mass is 16.3. The lowest BCUT2D eigenvalue weighted by molar-refractivity contribution is 0.102. The summed E-state index contributed by atoms with van der Waals surface area (Å²) in [5, 5.41) is 8.36. The molecule has 0 spiro atoms. The van der Waals surface area contributed by atoms with Crippen LogP contribution in [-0.2, 0) is 0 Å². The van der Waals surface area contributed by atoms with Gasteiger partial charge in [0, 0.05) is 16.9 Å². The lowest BCUT2D eigenvalue weighted by Crippen LogP contribution is -2.31. The summed E-state index contributed by atoms with van der Waals surface area (Å²) < 4.78 is 5.50. The van der Waals surface area contributed by atoms with Crippen LogP contribution in [0.2, 0.25) is 0 Å². The fourth-order valence-corrected chi connectivity index (χ4v) is 2.55. The van der Waals surface area contributed by atoms with Crippen molar-refractivity contribution in [3.63, 3.8) is 0 Å². The van der Waals surface area contributed by atoms with Gasteiger partial charge in [-0.05, 0) is 62.4 Å². The van der Waals surface area contributed by atoms with Gasteiger partial charge in [0.25, 0.3) is 5.91 Å². The fraction of sp³-hybridized carbons (Fsp3) is 0.143. The Balaban J connectivity index is 1.55. The first-order valence-corrected chi connectivity index (χ1v) is 8.61. The zero-order valence-electron chi connectivity index (χ0n) is 15.2. The van der Waals surface area contributed by atoms with Gasteiger partial charge in [-0.3, -0.25) is 4.79 Å². The van der Waals surface area contributed by atoms with E-state index in [4.69, 9.17) is 4.42 Å². The zero-order valence-corrected chi connectivity index (χ0v) is 15.2. The van der Waals surface area contributed by atoms with Crippen molar-refractivity contribution in [3.8, 4) is 0 Å². The van der Waals surface area contributed by atoms with Gasteiger partial charge >= 0.3 is 6.03 Å². The molecule has 0 bridgehead atoms. The van der Waals surface area contributed by atoms with Gasteiger partial charge in [-0.2, -0.15) is 0 Å². The number of nitrogens with one attached hydrogen (secondary N) is 3. The molecule has 6 heteroatoms. The topological polar surface area (TPSA) is 83.4 Å². The first-order valence-electron chi connectivity index (χ1n) is 8.61. The molecule has 2 aromatic carbocycles. The van der Waals surface area contributed by atoms with Crippen LogP contribution in [-0.4, -0.2) is 11.9 Å². The van der Waals surface area contributed by atoms with Crippen molar-refractivity contribution in [3.05, 3.63) is 83.8 Å². The van der Waals surface area contributed by atoms with Gasteiger partial charge in [0.05, 0.1) is 6.04 Å². The van der Waals surface area contributed by atoms with Crippen molar-refractivity contribution in [1.29, 1.82) is 0 Å². The van der Waals surface area contributed by atoms with E-state index in [1.54, 1.807) is 24.3 Å². The Bertz CT molecular complexity index is 917. The average molecular weight is 363 g/mol. The number of hydrogen-bond acceptors (Lipinski definition) is 3. The third-order valence-electron chi connectivity index (χ3n) is 3.97. The second-order valence-corrected chi connectivity index (χ2v) is 6.17. The molecule has 0 aliphatic rings. The molecule has 1 atom stereocenters. The number of hydrogen-bond donors (Lipinski definition) is 3. The molecule has 1 aromatic heterocycles. The number of para-hydroxylation sites is 1. The molecule has 1 unspecified atom stereocenters. The number of carbonyl (C=O) groups excluding carboxylic acids is 2. The highest BCUT2D eigenvalue weighted by Gasteiger charge is 2.13. The van der Waals surface area contributed by atoms with Gasteiger partial charge in [-0.1, -0.05) is 18.2 Å². The minimum absolute atomic E-state index is 0.209. The summed E-state index contributed by atoms with van der Waals surface area (Å²) in [5.41, 5.74) is 1.82. The Labute approximate surface area is 157 Å². The molecule has 0 aliphatic carbocycles. The Morgan fingerprint density at radius 3 is 2.15 bits per heavy atom. The third kappa shape index (κ3) is 4.98. The van der Waals surface area contributed by atoms with Crippen LogP contribution in [0.25, 0.3) is 0 Å². The number of amides is 3. The first-order chi connectivity index (χ1) is 13.0.